The summed E-state index contributed by atoms with van der Waals surface area (Å²) in [6.07, 6.45) is 0. The monoisotopic (exact) mass is 156 g/mol. The van der Waals surface area contributed by atoms with Gasteiger partial charge in [-0.25, -0.2) is 4.39 Å². The van der Waals surface area contributed by atoms with E-state index < -0.39 is 0 Å². The molecule has 1 aromatic carbocycles. The molecule has 3 heteroatoms. The Hall–Kier alpha value is -1.38. The molecule has 0 heterocycles. The van der Waals surface area contributed by atoms with E-state index in [1.165, 1.54) is 6.07 Å². The molecule has 0 fully saturated rings. The van der Waals surface area contributed by atoms with Gasteiger partial charge in [-0.1, -0.05) is 18.2 Å². The minimum absolute atomic E-state index is 0.132. The lowest BCUT2D eigenvalue weighted by molar-refractivity contribution is -0.122. The molecule has 1 rings (SSSR count). The summed E-state index contributed by atoms with van der Waals surface area (Å²) in [4.78, 5) is 8.36. The van der Waals surface area contributed by atoms with Gasteiger partial charge in [-0.2, -0.15) is 0 Å². The Balaban J connectivity index is 0.000000292. The molecule has 0 aliphatic carbocycles. The molecule has 0 bridgehead atoms. The summed E-state index contributed by atoms with van der Waals surface area (Å²) >= 11 is 0. The molecule has 11 heavy (non-hydrogen) atoms. The molecule has 0 atom stereocenters. The van der Waals surface area contributed by atoms with Crippen molar-refractivity contribution in [1.82, 2.24) is 0 Å². The van der Waals surface area contributed by atoms with Crippen molar-refractivity contribution in [2.75, 3.05) is 0 Å². The summed E-state index contributed by atoms with van der Waals surface area (Å²) in [5, 5.41) is 6.89. The lowest BCUT2D eigenvalue weighted by atomic mass is 10.2. The molecular weight excluding hydrogens is 147 g/mol. The van der Waals surface area contributed by atoms with Crippen molar-refractivity contribution in [3.8, 4) is 0 Å². The Bertz CT molecular complexity index is 202. The lowest BCUT2D eigenvalue weighted by Crippen LogP contribution is -1.76. The Kier molecular flexibility index (Phi) is 4.73. The highest BCUT2D eigenvalue weighted by Gasteiger charge is 1.88. The third-order valence-electron chi connectivity index (χ3n) is 1.08. The summed E-state index contributed by atoms with van der Waals surface area (Å²) < 4.78 is 12.3. The number of hydrogen-bond acceptors (Lipinski definition) is 1. The Labute approximate surface area is 64.3 Å². The van der Waals surface area contributed by atoms with E-state index in [0.29, 0.717) is 5.56 Å². The van der Waals surface area contributed by atoms with Crippen molar-refractivity contribution in [3.05, 3.63) is 35.6 Å². The van der Waals surface area contributed by atoms with Crippen molar-refractivity contribution in [3.63, 3.8) is 0 Å². The predicted octanol–water partition coefficient (Wildman–Crippen LogP) is 1.83. The van der Waals surface area contributed by atoms with E-state index in [9.17, 15) is 4.39 Å². The smallest absolute Gasteiger partial charge is 0.290 e. The van der Waals surface area contributed by atoms with Gasteiger partial charge < -0.3 is 5.11 Å². The maximum absolute atomic E-state index is 12.3. The van der Waals surface area contributed by atoms with Crippen LogP contribution in [0.3, 0.4) is 0 Å². The summed E-state index contributed by atoms with van der Waals surface area (Å²) in [7, 11) is 0. The van der Waals surface area contributed by atoms with E-state index in [1.54, 1.807) is 19.1 Å². The summed E-state index contributed by atoms with van der Waals surface area (Å²) in [5.41, 5.74) is 0.701. The topological polar surface area (TPSA) is 37.3 Å². The van der Waals surface area contributed by atoms with Crippen molar-refractivity contribution in [2.24, 2.45) is 0 Å². The SMILES string of the molecule is Cc1ccccc1F.O=CO. The van der Waals surface area contributed by atoms with E-state index >= 15 is 0 Å². The first-order valence-corrected chi connectivity index (χ1v) is 3.01. The zero-order valence-corrected chi connectivity index (χ0v) is 6.12. The van der Waals surface area contributed by atoms with Crippen LogP contribution in [0.15, 0.2) is 24.3 Å². The first-order valence-electron chi connectivity index (χ1n) is 3.01. The fourth-order valence-electron chi connectivity index (χ4n) is 0.551. The van der Waals surface area contributed by atoms with E-state index in [0.717, 1.165) is 0 Å². The molecule has 60 valence electrons. The van der Waals surface area contributed by atoms with E-state index in [-0.39, 0.29) is 12.3 Å². The van der Waals surface area contributed by atoms with Gasteiger partial charge in [0.1, 0.15) is 5.82 Å². The number of carboxylic acid groups (broad SMARTS) is 1. The van der Waals surface area contributed by atoms with Crippen LogP contribution in [0.4, 0.5) is 4.39 Å². The predicted molar refractivity (Wildman–Crippen MR) is 39.8 cm³/mol. The highest BCUT2D eigenvalue weighted by Crippen LogP contribution is 2.01. The van der Waals surface area contributed by atoms with Crippen molar-refractivity contribution in [1.29, 1.82) is 0 Å². The second-order valence-corrected chi connectivity index (χ2v) is 1.85. The summed E-state index contributed by atoms with van der Waals surface area (Å²) in [6.45, 7) is 1.50. The average Bonchev–Trinajstić information content (AvgIpc) is 1.97. The maximum atomic E-state index is 12.3. The standard InChI is InChI=1S/C7H7F.CH2O2/c1-6-4-2-3-5-7(6)8;2-1-3/h2-5H,1H3;1H,(H,2,3). The van der Waals surface area contributed by atoms with Gasteiger partial charge in [0, 0.05) is 0 Å². The van der Waals surface area contributed by atoms with Crippen LogP contribution in [0.25, 0.3) is 0 Å². The molecule has 1 aromatic rings. The number of carbonyl (C=O) groups is 1. The molecule has 0 aromatic heterocycles. The van der Waals surface area contributed by atoms with E-state index in [1.807, 2.05) is 6.07 Å². The van der Waals surface area contributed by atoms with Crippen LogP contribution in [0.2, 0.25) is 0 Å². The Morgan fingerprint density at radius 2 is 1.91 bits per heavy atom. The molecule has 1 N–H and O–H groups in total. The van der Waals surface area contributed by atoms with Gasteiger partial charge in [-0.05, 0) is 18.6 Å². The molecule has 0 radical (unpaired) electrons. The average molecular weight is 156 g/mol. The molecule has 0 aliphatic rings. The first kappa shape index (κ1) is 9.62. The second kappa shape index (κ2) is 5.41. The first-order chi connectivity index (χ1) is 5.22. The van der Waals surface area contributed by atoms with Gasteiger partial charge in [0.05, 0.1) is 0 Å². The molecule has 0 saturated heterocycles. The van der Waals surface area contributed by atoms with Crippen LogP contribution in [0, 0.1) is 12.7 Å². The Morgan fingerprint density at radius 3 is 2.18 bits per heavy atom. The molecule has 0 amide bonds. The number of benzene rings is 1. The Morgan fingerprint density at radius 1 is 1.45 bits per heavy atom. The highest BCUT2D eigenvalue weighted by molar-refractivity contribution is 5.32. The van der Waals surface area contributed by atoms with Gasteiger partial charge in [0.2, 0.25) is 0 Å². The summed E-state index contributed by atoms with van der Waals surface area (Å²) in [5.74, 6) is -0.132. The van der Waals surface area contributed by atoms with E-state index in [4.69, 9.17) is 9.90 Å². The third-order valence-corrected chi connectivity index (χ3v) is 1.08. The molecule has 0 saturated carbocycles. The van der Waals surface area contributed by atoms with Crippen molar-refractivity contribution in [2.45, 2.75) is 6.92 Å². The molecule has 0 aliphatic heterocycles. The zero-order valence-electron chi connectivity index (χ0n) is 6.12. The number of rotatable bonds is 0. The summed E-state index contributed by atoms with van der Waals surface area (Å²) in [6, 6.07) is 6.70. The van der Waals surface area contributed by atoms with Crippen LogP contribution < -0.4 is 0 Å². The number of halogens is 1. The number of hydrogen-bond donors (Lipinski definition) is 1. The fourth-order valence-corrected chi connectivity index (χ4v) is 0.551. The minimum Gasteiger partial charge on any atom is -0.483 e. The van der Waals surface area contributed by atoms with Crippen LogP contribution in [-0.2, 0) is 4.79 Å². The molecular formula is C8H9FO2. The molecule has 0 unspecified atom stereocenters. The maximum Gasteiger partial charge on any atom is 0.290 e. The highest BCUT2D eigenvalue weighted by atomic mass is 19.1. The van der Waals surface area contributed by atoms with Gasteiger partial charge in [0.15, 0.2) is 0 Å². The van der Waals surface area contributed by atoms with Crippen molar-refractivity contribution < 1.29 is 14.3 Å². The fraction of sp³-hybridized carbons (Fsp3) is 0.125. The van der Waals surface area contributed by atoms with E-state index in [2.05, 4.69) is 0 Å². The quantitative estimate of drug-likeness (QED) is 0.582. The van der Waals surface area contributed by atoms with Gasteiger partial charge >= 0.3 is 0 Å². The van der Waals surface area contributed by atoms with Gasteiger partial charge in [0.25, 0.3) is 6.47 Å². The van der Waals surface area contributed by atoms with Crippen molar-refractivity contribution >= 4 is 6.47 Å². The second-order valence-electron chi connectivity index (χ2n) is 1.85. The molecule has 0 spiro atoms. The zero-order chi connectivity index (χ0) is 8.69. The largest absolute Gasteiger partial charge is 0.483 e. The van der Waals surface area contributed by atoms with Crippen LogP contribution in [0.1, 0.15) is 5.56 Å². The molecule has 2 nitrogen and oxygen atoms in total. The lowest BCUT2D eigenvalue weighted by Gasteiger charge is -1.89. The third kappa shape index (κ3) is 4.08. The van der Waals surface area contributed by atoms with Gasteiger partial charge in [-0.15, -0.1) is 0 Å². The normalized spacial score (nSPS) is 7.82. The van der Waals surface area contributed by atoms with Gasteiger partial charge in [-0.3, -0.25) is 4.79 Å². The number of aryl methyl sites for hydroxylation is 1. The van der Waals surface area contributed by atoms with Crippen LogP contribution >= 0.6 is 0 Å². The van der Waals surface area contributed by atoms with Crippen LogP contribution in [0.5, 0.6) is 0 Å². The minimum atomic E-state index is -0.250. The van der Waals surface area contributed by atoms with Crippen LogP contribution in [-0.4, -0.2) is 11.6 Å².